The van der Waals surface area contributed by atoms with Crippen LogP contribution in [0.25, 0.3) is 10.9 Å². The lowest BCUT2D eigenvalue weighted by Crippen LogP contribution is -2.10. The Morgan fingerprint density at radius 3 is 2.71 bits per heavy atom. The number of rotatable bonds is 6. The number of aliphatic imine (C=N–C) groups is 1. The molecule has 3 aromatic rings. The number of thioether (sulfide) groups is 1. The summed E-state index contributed by atoms with van der Waals surface area (Å²) < 4.78 is 5.23. The summed E-state index contributed by atoms with van der Waals surface area (Å²) in [6.07, 6.45) is 2.64. The Kier molecular flexibility index (Phi) is 6.76. The molecule has 1 heterocycles. The summed E-state index contributed by atoms with van der Waals surface area (Å²) in [6.45, 7) is 4.79. The number of fused-ring (bicyclic) bond motifs is 1. The topological polar surface area (TPSA) is 66.5 Å². The molecule has 0 unspecified atom stereocenters. The molecule has 0 atom stereocenters. The number of H-pyrrole nitrogens is 1. The molecule has 0 bridgehead atoms. The normalized spacial score (nSPS) is 11.6. The molecule has 0 aliphatic rings. The smallest absolute Gasteiger partial charge is 0.355 e. The summed E-state index contributed by atoms with van der Waals surface area (Å²) in [7, 11) is 0. The number of nitrogens with one attached hydrogen (secondary N) is 2. The lowest BCUT2D eigenvalue weighted by Gasteiger charge is -2.08. The van der Waals surface area contributed by atoms with Crippen LogP contribution in [0.15, 0.2) is 53.5 Å². The average Bonchev–Trinajstić information content (AvgIpc) is 3.06. The van der Waals surface area contributed by atoms with Crippen molar-refractivity contribution in [1.29, 1.82) is 0 Å². The predicted molar refractivity (Wildman–Crippen MR) is 119 cm³/mol. The highest BCUT2D eigenvalue weighted by Crippen LogP contribution is 2.25. The number of benzene rings is 2. The number of aromatic nitrogens is 1. The molecule has 0 saturated heterocycles. The molecule has 2 N–H and O–H groups in total. The number of nitrogens with zero attached hydrogens (tertiary/aromatic N) is 1. The minimum Gasteiger partial charge on any atom is -0.461 e. The van der Waals surface area contributed by atoms with Crippen molar-refractivity contribution in [2.45, 2.75) is 20.3 Å². The monoisotopic (exact) mass is 395 g/mol. The van der Waals surface area contributed by atoms with Gasteiger partial charge in [0.2, 0.25) is 0 Å². The molecule has 6 heteroatoms. The van der Waals surface area contributed by atoms with Gasteiger partial charge in [0, 0.05) is 23.1 Å². The molecular weight excluding hydrogens is 370 g/mol. The third kappa shape index (κ3) is 4.75. The molecule has 1 aromatic heterocycles. The number of hydrogen-bond donors (Lipinski definition) is 2. The number of hydrogen-bond acceptors (Lipinski definition) is 4. The van der Waals surface area contributed by atoms with Crippen molar-refractivity contribution in [3.8, 4) is 0 Å². The van der Waals surface area contributed by atoms with Gasteiger partial charge in [-0.3, -0.25) is 4.99 Å². The van der Waals surface area contributed by atoms with E-state index in [9.17, 15) is 4.79 Å². The van der Waals surface area contributed by atoms with Crippen LogP contribution >= 0.6 is 11.8 Å². The van der Waals surface area contributed by atoms with E-state index in [2.05, 4.69) is 16.4 Å². The molecule has 0 spiro atoms. The van der Waals surface area contributed by atoms with Crippen LogP contribution in [-0.4, -0.2) is 35.5 Å². The molecular formula is C22H25N3O2S. The molecule has 2 aromatic carbocycles. The second-order valence-electron chi connectivity index (χ2n) is 6.38. The zero-order chi connectivity index (χ0) is 19.9. The van der Waals surface area contributed by atoms with E-state index in [0.717, 1.165) is 32.9 Å². The summed E-state index contributed by atoms with van der Waals surface area (Å²) in [6, 6.07) is 16.1. The van der Waals surface area contributed by atoms with Crippen LogP contribution in [0, 0.1) is 6.92 Å². The number of para-hydroxylation sites is 1. The van der Waals surface area contributed by atoms with Gasteiger partial charge in [-0.1, -0.05) is 41.6 Å². The van der Waals surface area contributed by atoms with Gasteiger partial charge in [0.25, 0.3) is 0 Å². The molecule has 0 aliphatic carbocycles. The number of aryl methyl sites for hydroxylation is 1. The number of carbonyl (C=O) groups excluding carboxylic acids is 1. The average molecular weight is 396 g/mol. The van der Waals surface area contributed by atoms with Gasteiger partial charge < -0.3 is 15.0 Å². The summed E-state index contributed by atoms with van der Waals surface area (Å²) >= 11 is 1.57. The Morgan fingerprint density at radius 1 is 1.21 bits per heavy atom. The molecule has 0 fully saturated rings. The van der Waals surface area contributed by atoms with Crippen LogP contribution in [0.3, 0.4) is 0 Å². The first kappa shape index (κ1) is 20.0. The van der Waals surface area contributed by atoms with Gasteiger partial charge in [-0.15, -0.1) is 0 Å². The maximum absolute atomic E-state index is 12.4. The number of anilines is 1. The van der Waals surface area contributed by atoms with E-state index in [1.807, 2.05) is 62.6 Å². The zero-order valence-electron chi connectivity index (χ0n) is 16.4. The second kappa shape index (κ2) is 9.46. The number of amidine groups is 1. The summed E-state index contributed by atoms with van der Waals surface area (Å²) in [5.74, 6) is -0.317. The first-order valence-electron chi connectivity index (χ1n) is 9.31. The maximum atomic E-state index is 12.4. The van der Waals surface area contributed by atoms with Crippen LogP contribution in [0.4, 0.5) is 5.69 Å². The van der Waals surface area contributed by atoms with E-state index in [0.29, 0.717) is 25.3 Å². The van der Waals surface area contributed by atoms with E-state index in [1.165, 1.54) is 0 Å². The Morgan fingerprint density at radius 2 is 2.00 bits per heavy atom. The van der Waals surface area contributed by atoms with Crippen molar-refractivity contribution in [3.63, 3.8) is 0 Å². The standard InChI is InChI=1S/C22H25N3O2S/c1-4-27-21(26)20-17(18-14-15(2)10-11-19(18)25-20)12-13-23-22(28-3)24-16-8-6-5-7-9-16/h5-11,14,25H,4,12-13H2,1-3H3,(H,23,24). The quantitative estimate of drug-likeness (QED) is 0.349. The molecule has 0 saturated carbocycles. The molecule has 28 heavy (non-hydrogen) atoms. The SMILES string of the molecule is CCOC(=O)c1[nH]c2ccc(C)cc2c1CCN=C(Nc1ccccc1)SC. The summed E-state index contributed by atoms with van der Waals surface area (Å²) in [4.78, 5) is 20.3. The van der Waals surface area contributed by atoms with Crippen LogP contribution in [-0.2, 0) is 11.2 Å². The van der Waals surface area contributed by atoms with Crippen molar-refractivity contribution in [2.75, 3.05) is 24.7 Å². The molecule has 3 rings (SSSR count). The van der Waals surface area contributed by atoms with E-state index in [-0.39, 0.29) is 5.97 Å². The molecule has 0 radical (unpaired) electrons. The number of ether oxygens (including phenoxy) is 1. The van der Waals surface area contributed by atoms with Crippen molar-refractivity contribution >= 4 is 39.5 Å². The van der Waals surface area contributed by atoms with Gasteiger partial charge in [0.15, 0.2) is 5.17 Å². The molecule has 0 amide bonds. The van der Waals surface area contributed by atoms with Gasteiger partial charge in [-0.25, -0.2) is 4.79 Å². The third-order valence-corrected chi connectivity index (χ3v) is 4.99. The van der Waals surface area contributed by atoms with Crippen LogP contribution in [0.1, 0.15) is 28.5 Å². The largest absolute Gasteiger partial charge is 0.461 e. The van der Waals surface area contributed by atoms with Gasteiger partial charge in [0.05, 0.1) is 6.61 Å². The van der Waals surface area contributed by atoms with E-state index >= 15 is 0 Å². The number of carbonyl (C=O) groups is 1. The Bertz CT molecular complexity index is 980. The molecule has 146 valence electrons. The van der Waals surface area contributed by atoms with Gasteiger partial charge in [-0.2, -0.15) is 0 Å². The van der Waals surface area contributed by atoms with Crippen molar-refractivity contribution in [1.82, 2.24) is 4.98 Å². The predicted octanol–water partition coefficient (Wildman–Crippen LogP) is 5.03. The highest BCUT2D eigenvalue weighted by atomic mass is 32.2. The van der Waals surface area contributed by atoms with E-state index in [4.69, 9.17) is 9.73 Å². The van der Waals surface area contributed by atoms with Crippen LogP contribution in [0.5, 0.6) is 0 Å². The first-order valence-corrected chi connectivity index (χ1v) is 10.5. The van der Waals surface area contributed by atoms with Crippen molar-refractivity contribution < 1.29 is 9.53 Å². The number of aromatic amines is 1. The van der Waals surface area contributed by atoms with Gasteiger partial charge in [-0.05, 0) is 56.4 Å². The molecule has 0 aliphatic heterocycles. The maximum Gasteiger partial charge on any atom is 0.355 e. The lowest BCUT2D eigenvalue weighted by atomic mass is 10.1. The fourth-order valence-corrected chi connectivity index (χ4v) is 3.51. The third-order valence-electron chi connectivity index (χ3n) is 4.38. The Hall–Kier alpha value is -2.73. The van der Waals surface area contributed by atoms with Crippen molar-refractivity contribution in [3.05, 3.63) is 65.4 Å². The number of esters is 1. The Balaban J connectivity index is 1.83. The second-order valence-corrected chi connectivity index (χ2v) is 7.18. The molecule has 5 nitrogen and oxygen atoms in total. The highest BCUT2D eigenvalue weighted by molar-refractivity contribution is 8.13. The fourth-order valence-electron chi connectivity index (χ4n) is 3.07. The van der Waals surface area contributed by atoms with Crippen LogP contribution < -0.4 is 5.32 Å². The van der Waals surface area contributed by atoms with Crippen LogP contribution in [0.2, 0.25) is 0 Å². The minimum absolute atomic E-state index is 0.317. The zero-order valence-corrected chi connectivity index (χ0v) is 17.2. The van der Waals surface area contributed by atoms with Gasteiger partial charge in [0.1, 0.15) is 5.69 Å². The fraction of sp³-hybridized carbons (Fsp3) is 0.273. The summed E-state index contributed by atoms with van der Waals surface area (Å²) in [5, 5.41) is 5.23. The summed E-state index contributed by atoms with van der Waals surface area (Å²) in [5.41, 5.74) is 4.59. The van der Waals surface area contributed by atoms with Gasteiger partial charge >= 0.3 is 5.97 Å². The first-order chi connectivity index (χ1) is 13.6. The Labute approximate surface area is 169 Å². The highest BCUT2D eigenvalue weighted by Gasteiger charge is 2.18. The lowest BCUT2D eigenvalue weighted by molar-refractivity contribution is 0.0519. The van der Waals surface area contributed by atoms with E-state index < -0.39 is 0 Å². The van der Waals surface area contributed by atoms with E-state index in [1.54, 1.807) is 11.8 Å². The van der Waals surface area contributed by atoms with Crippen molar-refractivity contribution in [2.24, 2.45) is 4.99 Å². The minimum atomic E-state index is -0.317.